The number of nitrogens with two attached hydrogens (primary N) is 1. The monoisotopic (exact) mass is 312 g/mol. The van der Waals surface area contributed by atoms with E-state index in [1.54, 1.807) is 0 Å². The Hall–Kier alpha value is -2.73. The number of benzene rings is 2. The molecule has 5 nitrogen and oxygen atoms in total. The highest BCUT2D eigenvalue weighted by Gasteiger charge is 2.13. The van der Waals surface area contributed by atoms with Gasteiger partial charge in [0, 0.05) is 18.0 Å². The zero-order valence-corrected chi connectivity index (χ0v) is 12.6. The molecule has 0 aliphatic rings. The summed E-state index contributed by atoms with van der Waals surface area (Å²) in [6, 6.07) is 11.1. The summed E-state index contributed by atoms with van der Waals surface area (Å²) in [7, 11) is 0. The van der Waals surface area contributed by atoms with E-state index >= 15 is 0 Å². The normalized spacial score (nSPS) is 12.3. The smallest absolute Gasteiger partial charge is 0.165 e. The van der Waals surface area contributed by atoms with Crippen molar-refractivity contribution >= 4 is 16.7 Å². The van der Waals surface area contributed by atoms with Crippen LogP contribution in [-0.2, 0) is 0 Å². The Kier molecular flexibility index (Phi) is 4.08. The number of anilines is 1. The fraction of sp³-hybridized carbons (Fsp3) is 0.176. The largest absolute Gasteiger partial charge is 0.507 e. The second-order valence-electron chi connectivity index (χ2n) is 5.43. The summed E-state index contributed by atoms with van der Waals surface area (Å²) in [6.45, 7) is 2.42. The number of phenolic OH excluding ortho intramolecular Hbond substituents is 1. The van der Waals surface area contributed by atoms with Gasteiger partial charge in [0.2, 0.25) is 0 Å². The van der Waals surface area contributed by atoms with Gasteiger partial charge in [-0.15, -0.1) is 0 Å². The molecule has 1 heterocycles. The maximum atomic E-state index is 13.5. The van der Waals surface area contributed by atoms with Crippen molar-refractivity contribution < 1.29 is 9.50 Å². The molecule has 0 radical (unpaired) electrons. The first-order chi connectivity index (χ1) is 11.0. The van der Waals surface area contributed by atoms with E-state index in [0.717, 1.165) is 5.39 Å². The number of halogens is 1. The van der Waals surface area contributed by atoms with E-state index in [1.165, 1.54) is 18.2 Å². The van der Waals surface area contributed by atoms with Gasteiger partial charge in [0.05, 0.1) is 11.1 Å². The molecular weight excluding hydrogens is 295 g/mol. The van der Waals surface area contributed by atoms with Gasteiger partial charge < -0.3 is 16.2 Å². The third kappa shape index (κ3) is 3.22. The van der Waals surface area contributed by atoms with Crippen molar-refractivity contribution in [2.75, 3.05) is 11.9 Å². The van der Waals surface area contributed by atoms with Gasteiger partial charge in [-0.1, -0.05) is 12.1 Å². The van der Waals surface area contributed by atoms with E-state index in [2.05, 4.69) is 15.3 Å². The van der Waals surface area contributed by atoms with Crippen molar-refractivity contribution in [2.24, 2.45) is 5.73 Å². The maximum Gasteiger partial charge on any atom is 0.165 e. The van der Waals surface area contributed by atoms with E-state index in [9.17, 15) is 9.50 Å². The molecule has 2 aromatic carbocycles. The predicted molar refractivity (Wildman–Crippen MR) is 88.7 cm³/mol. The topological polar surface area (TPSA) is 84.1 Å². The number of nitrogens with zero attached hydrogens (tertiary/aromatic N) is 2. The van der Waals surface area contributed by atoms with Crippen molar-refractivity contribution in [3.8, 4) is 17.1 Å². The molecule has 0 aliphatic carbocycles. The summed E-state index contributed by atoms with van der Waals surface area (Å²) in [6.07, 6.45) is 0. The number of aromatic hydroxyl groups is 1. The quantitative estimate of drug-likeness (QED) is 0.690. The second kappa shape index (κ2) is 6.18. The fourth-order valence-corrected chi connectivity index (χ4v) is 2.28. The lowest BCUT2D eigenvalue weighted by atomic mass is 10.1. The molecular formula is C17H17FN4O. The molecule has 6 heteroatoms. The number of rotatable bonds is 4. The predicted octanol–water partition coefficient (Wildman–Crippen LogP) is 2.90. The van der Waals surface area contributed by atoms with Crippen LogP contribution in [-0.4, -0.2) is 27.7 Å². The Labute approximate surface area is 133 Å². The lowest BCUT2D eigenvalue weighted by Gasteiger charge is -2.13. The standard InChI is InChI=1S/C17H17FN4O/c1-10(19)9-20-16-12-4-2-3-5-14(12)21-17(22-16)13-8-11(18)6-7-15(13)23/h2-8,10,23H,9,19H2,1H3,(H,20,21,22). The van der Waals surface area contributed by atoms with Crippen molar-refractivity contribution in [2.45, 2.75) is 13.0 Å². The molecule has 3 aromatic rings. The number of nitrogens with one attached hydrogen (secondary N) is 1. The highest BCUT2D eigenvalue weighted by molar-refractivity contribution is 5.90. The molecule has 23 heavy (non-hydrogen) atoms. The molecule has 1 unspecified atom stereocenters. The van der Waals surface area contributed by atoms with Crippen molar-refractivity contribution in [3.63, 3.8) is 0 Å². The molecule has 0 saturated heterocycles. The Bertz CT molecular complexity index is 851. The van der Waals surface area contributed by atoms with Crippen molar-refractivity contribution in [1.82, 2.24) is 9.97 Å². The van der Waals surface area contributed by atoms with Crippen LogP contribution < -0.4 is 11.1 Å². The molecule has 1 atom stereocenters. The lowest BCUT2D eigenvalue weighted by molar-refractivity contribution is 0.475. The minimum Gasteiger partial charge on any atom is -0.507 e. The summed E-state index contributed by atoms with van der Waals surface area (Å²) in [5.41, 5.74) is 6.73. The van der Waals surface area contributed by atoms with Crippen LogP contribution in [0.4, 0.5) is 10.2 Å². The zero-order chi connectivity index (χ0) is 16.4. The second-order valence-corrected chi connectivity index (χ2v) is 5.43. The molecule has 1 aromatic heterocycles. The number of aromatic nitrogens is 2. The number of fused-ring (bicyclic) bond motifs is 1. The van der Waals surface area contributed by atoms with Crippen LogP contribution in [0, 0.1) is 5.82 Å². The zero-order valence-electron chi connectivity index (χ0n) is 12.6. The highest BCUT2D eigenvalue weighted by Crippen LogP contribution is 2.30. The van der Waals surface area contributed by atoms with Gasteiger partial charge in [0.1, 0.15) is 17.4 Å². The van der Waals surface area contributed by atoms with E-state index in [4.69, 9.17) is 5.73 Å². The highest BCUT2D eigenvalue weighted by atomic mass is 19.1. The maximum absolute atomic E-state index is 13.5. The number of phenols is 1. The van der Waals surface area contributed by atoms with Gasteiger partial charge in [0.25, 0.3) is 0 Å². The first kappa shape index (κ1) is 15.2. The average molecular weight is 312 g/mol. The van der Waals surface area contributed by atoms with Crippen LogP contribution in [0.5, 0.6) is 5.75 Å². The summed E-state index contributed by atoms with van der Waals surface area (Å²) < 4.78 is 13.5. The third-order valence-electron chi connectivity index (χ3n) is 3.39. The fourth-order valence-electron chi connectivity index (χ4n) is 2.28. The van der Waals surface area contributed by atoms with Crippen LogP contribution in [0.3, 0.4) is 0 Å². The average Bonchev–Trinajstić information content (AvgIpc) is 2.54. The molecule has 0 aliphatic heterocycles. The van der Waals surface area contributed by atoms with Crippen LogP contribution in [0.25, 0.3) is 22.3 Å². The summed E-state index contributed by atoms with van der Waals surface area (Å²) >= 11 is 0. The molecule has 0 spiro atoms. The van der Waals surface area contributed by atoms with Gasteiger partial charge >= 0.3 is 0 Å². The molecule has 0 fully saturated rings. The Morgan fingerprint density at radius 1 is 1.22 bits per heavy atom. The first-order valence-corrected chi connectivity index (χ1v) is 7.29. The molecule has 118 valence electrons. The minimum atomic E-state index is -0.459. The molecule has 4 N–H and O–H groups in total. The van der Waals surface area contributed by atoms with Gasteiger partial charge in [-0.25, -0.2) is 14.4 Å². The van der Waals surface area contributed by atoms with Gasteiger partial charge in [-0.05, 0) is 37.3 Å². The lowest BCUT2D eigenvalue weighted by Crippen LogP contribution is -2.25. The van der Waals surface area contributed by atoms with Gasteiger partial charge in [0.15, 0.2) is 5.82 Å². The summed E-state index contributed by atoms with van der Waals surface area (Å²) in [5.74, 6) is 0.332. The van der Waals surface area contributed by atoms with Crippen LogP contribution in [0.2, 0.25) is 0 Å². The van der Waals surface area contributed by atoms with E-state index in [-0.39, 0.29) is 23.2 Å². The van der Waals surface area contributed by atoms with E-state index in [0.29, 0.717) is 17.9 Å². The van der Waals surface area contributed by atoms with Crippen molar-refractivity contribution in [3.05, 3.63) is 48.3 Å². The van der Waals surface area contributed by atoms with E-state index in [1.807, 2.05) is 31.2 Å². The van der Waals surface area contributed by atoms with Crippen LogP contribution >= 0.6 is 0 Å². The van der Waals surface area contributed by atoms with Crippen molar-refractivity contribution in [1.29, 1.82) is 0 Å². The molecule has 0 saturated carbocycles. The van der Waals surface area contributed by atoms with Crippen LogP contribution in [0.1, 0.15) is 6.92 Å². The van der Waals surface area contributed by atoms with Crippen LogP contribution in [0.15, 0.2) is 42.5 Å². The molecule has 0 amide bonds. The summed E-state index contributed by atoms with van der Waals surface area (Å²) in [5, 5.41) is 14.0. The molecule has 3 rings (SSSR count). The third-order valence-corrected chi connectivity index (χ3v) is 3.39. The Morgan fingerprint density at radius 3 is 2.78 bits per heavy atom. The SMILES string of the molecule is CC(N)CNc1nc(-c2cc(F)ccc2O)nc2ccccc12. The Morgan fingerprint density at radius 2 is 2.00 bits per heavy atom. The van der Waals surface area contributed by atoms with E-state index < -0.39 is 5.82 Å². The molecule has 0 bridgehead atoms. The number of hydrogen-bond donors (Lipinski definition) is 3. The number of hydrogen-bond acceptors (Lipinski definition) is 5. The minimum absolute atomic E-state index is 0.0465. The number of para-hydroxylation sites is 1. The Balaban J connectivity index is 2.16. The van der Waals surface area contributed by atoms with Gasteiger partial charge in [-0.2, -0.15) is 0 Å². The summed E-state index contributed by atoms with van der Waals surface area (Å²) in [4.78, 5) is 8.87. The first-order valence-electron chi connectivity index (χ1n) is 7.29. The van der Waals surface area contributed by atoms with Gasteiger partial charge in [-0.3, -0.25) is 0 Å².